The Morgan fingerprint density at radius 2 is 1.35 bits per heavy atom. The first kappa shape index (κ1) is 12.4. The molecule has 0 N–H and O–H groups in total. The lowest BCUT2D eigenvalue weighted by Crippen LogP contribution is -1.86. The SMILES string of the molecule is c1ccc(-c2c3ccccc3nc3c2oc2ccccc23)cc1. The van der Waals surface area contributed by atoms with Gasteiger partial charge in [-0.3, -0.25) is 0 Å². The fraction of sp³-hybridized carbons (Fsp3) is 0. The minimum Gasteiger partial charge on any atom is -0.454 e. The molecule has 0 saturated heterocycles. The average molecular weight is 295 g/mol. The smallest absolute Gasteiger partial charge is 0.162 e. The molecule has 0 atom stereocenters. The van der Waals surface area contributed by atoms with E-state index in [0.29, 0.717) is 0 Å². The Morgan fingerprint density at radius 3 is 2.22 bits per heavy atom. The second-order valence-electron chi connectivity index (χ2n) is 5.65. The van der Waals surface area contributed by atoms with Crippen molar-refractivity contribution in [3.05, 3.63) is 78.9 Å². The van der Waals surface area contributed by atoms with Gasteiger partial charge >= 0.3 is 0 Å². The first-order valence-corrected chi connectivity index (χ1v) is 7.67. The largest absolute Gasteiger partial charge is 0.454 e. The van der Waals surface area contributed by atoms with Crippen LogP contribution in [0.15, 0.2) is 83.3 Å². The Balaban J connectivity index is 2.06. The number of hydrogen-bond donors (Lipinski definition) is 0. The van der Waals surface area contributed by atoms with Gasteiger partial charge in [0.1, 0.15) is 11.1 Å². The van der Waals surface area contributed by atoms with Crippen molar-refractivity contribution >= 4 is 33.0 Å². The molecule has 108 valence electrons. The molecule has 0 bridgehead atoms. The molecule has 23 heavy (non-hydrogen) atoms. The Morgan fingerprint density at radius 1 is 0.652 bits per heavy atom. The number of nitrogens with zero attached hydrogens (tertiary/aromatic N) is 1. The molecule has 2 aromatic heterocycles. The quantitative estimate of drug-likeness (QED) is 0.390. The average Bonchev–Trinajstić information content (AvgIpc) is 2.98. The maximum Gasteiger partial charge on any atom is 0.162 e. The van der Waals surface area contributed by atoms with Crippen molar-refractivity contribution < 1.29 is 4.42 Å². The monoisotopic (exact) mass is 295 g/mol. The van der Waals surface area contributed by atoms with Crippen LogP contribution >= 0.6 is 0 Å². The van der Waals surface area contributed by atoms with Crippen LogP contribution in [0.5, 0.6) is 0 Å². The summed E-state index contributed by atoms with van der Waals surface area (Å²) in [7, 11) is 0. The van der Waals surface area contributed by atoms with Gasteiger partial charge in [-0.25, -0.2) is 4.98 Å². The molecule has 5 aromatic rings. The summed E-state index contributed by atoms with van der Waals surface area (Å²) in [6.07, 6.45) is 0. The predicted molar refractivity (Wildman–Crippen MR) is 94.5 cm³/mol. The van der Waals surface area contributed by atoms with Gasteiger partial charge in [0, 0.05) is 16.3 Å². The summed E-state index contributed by atoms with van der Waals surface area (Å²) in [5.74, 6) is 0. The fourth-order valence-corrected chi connectivity index (χ4v) is 3.23. The first-order valence-electron chi connectivity index (χ1n) is 7.67. The van der Waals surface area contributed by atoms with E-state index in [4.69, 9.17) is 9.40 Å². The summed E-state index contributed by atoms with van der Waals surface area (Å²) in [5.41, 5.74) is 5.92. The van der Waals surface area contributed by atoms with E-state index in [2.05, 4.69) is 42.5 Å². The van der Waals surface area contributed by atoms with E-state index in [0.717, 1.165) is 44.1 Å². The van der Waals surface area contributed by atoms with Gasteiger partial charge in [-0.05, 0) is 23.8 Å². The molecule has 0 fully saturated rings. The van der Waals surface area contributed by atoms with E-state index in [9.17, 15) is 0 Å². The Labute approximate surface area is 133 Å². The third-order valence-electron chi connectivity index (χ3n) is 4.26. The lowest BCUT2D eigenvalue weighted by molar-refractivity contribution is 0.670. The van der Waals surface area contributed by atoms with Crippen molar-refractivity contribution in [3.8, 4) is 11.1 Å². The van der Waals surface area contributed by atoms with Crippen LogP contribution in [-0.2, 0) is 0 Å². The molecule has 0 spiro atoms. The lowest BCUT2D eigenvalue weighted by atomic mass is 9.99. The van der Waals surface area contributed by atoms with Crippen LogP contribution in [-0.4, -0.2) is 4.98 Å². The molecule has 5 rings (SSSR count). The molecule has 2 nitrogen and oxygen atoms in total. The van der Waals surface area contributed by atoms with Crippen LogP contribution in [0.4, 0.5) is 0 Å². The highest BCUT2D eigenvalue weighted by Crippen LogP contribution is 2.38. The van der Waals surface area contributed by atoms with Crippen molar-refractivity contribution in [3.63, 3.8) is 0 Å². The molecule has 0 aliphatic heterocycles. The van der Waals surface area contributed by atoms with Crippen LogP contribution in [0.1, 0.15) is 0 Å². The second kappa shape index (κ2) is 4.68. The van der Waals surface area contributed by atoms with Crippen LogP contribution in [0.3, 0.4) is 0 Å². The topological polar surface area (TPSA) is 26.0 Å². The van der Waals surface area contributed by atoms with Crippen LogP contribution in [0.25, 0.3) is 44.1 Å². The number of hydrogen-bond acceptors (Lipinski definition) is 2. The van der Waals surface area contributed by atoms with Gasteiger partial charge in [0.05, 0.1) is 5.52 Å². The van der Waals surface area contributed by atoms with Gasteiger partial charge in [-0.1, -0.05) is 60.7 Å². The zero-order valence-corrected chi connectivity index (χ0v) is 12.4. The van der Waals surface area contributed by atoms with Crippen molar-refractivity contribution in [2.24, 2.45) is 0 Å². The van der Waals surface area contributed by atoms with Crippen LogP contribution in [0, 0.1) is 0 Å². The molecule has 0 unspecified atom stereocenters. The van der Waals surface area contributed by atoms with Gasteiger partial charge in [0.25, 0.3) is 0 Å². The van der Waals surface area contributed by atoms with Crippen LogP contribution in [0.2, 0.25) is 0 Å². The van der Waals surface area contributed by atoms with Gasteiger partial charge in [0.15, 0.2) is 5.58 Å². The Bertz CT molecular complexity index is 1160. The number of fused-ring (bicyclic) bond motifs is 4. The minimum absolute atomic E-state index is 0.858. The van der Waals surface area contributed by atoms with E-state index >= 15 is 0 Å². The van der Waals surface area contributed by atoms with Gasteiger partial charge in [0.2, 0.25) is 0 Å². The molecule has 2 heteroatoms. The van der Waals surface area contributed by atoms with Gasteiger partial charge in [-0.2, -0.15) is 0 Å². The van der Waals surface area contributed by atoms with Crippen molar-refractivity contribution in [1.29, 1.82) is 0 Å². The second-order valence-corrected chi connectivity index (χ2v) is 5.65. The highest BCUT2D eigenvalue weighted by Gasteiger charge is 2.16. The summed E-state index contributed by atoms with van der Waals surface area (Å²) < 4.78 is 6.18. The third-order valence-corrected chi connectivity index (χ3v) is 4.26. The summed E-state index contributed by atoms with van der Waals surface area (Å²) >= 11 is 0. The number of pyridine rings is 1. The van der Waals surface area contributed by atoms with E-state index in [1.165, 1.54) is 0 Å². The first-order chi connectivity index (χ1) is 11.4. The van der Waals surface area contributed by atoms with E-state index in [1.807, 2.05) is 36.4 Å². The Hall–Kier alpha value is -3.13. The highest BCUT2D eigenvalue weighted by molar-refractivity contribution is 6.14. The van der Waals surface area contributed by atoms with Crippen LogP contribution < -0.4 is 0 Å². The summed E-state index contributed by atoms with van der Waals surface area (Å²) in [5, 5.41) is 2.18. The van der Waals surface area contributed by atoms with E-state index in [1.54, 1.807) is 0 Å². The normalized spacial score (nSPS) is 11.5. The molecule has 0 amide bonds. The van der Waals surface area contributed by atoms with E-state index < -0.39 is 0 Å². The minimum atomic E-state index is 0.858. The molecule has 0 aliphatic carbocycles. The number of para-hydroxylation sites is 2. The Kier molecular flexibility index (Phi) is 2.53. The maximum absolute atomic E-state index is 6.18. The summed E-state index contributed by atoms with van der Waals surface area (Å²) in [6, 6.07) is 26.7. The molecule has 3 aromatic carbocycles. The number of aromatic nitrogens is 1. The highest BCUT2D eigenvalue weighted by atomic mass is 16.3. The lowest BCUT2D eigenvalue weighted by Gasteiger charge is -2.07. The fourth-order valence-electron chi connectivity index (χ4n) is 3.23. The van der Waals surface area contributed by atoms with Crippen molar-refractivity contribution in [2.75, 3.05) is 0 Å². The number of furan rings is 1. The number of rotatable bonds is 1. The molecular weight excluding hydrogens is 282 g/mol. The molecule has 0 radical (unpaired) electrons. The molecule has 2 heterocycles. The zero-order chi connectivity index (χ0) is 15.2. The zero-order valence-electron chi connectivity index (χ0n) is 12.4. The molecular formula is C21H13NO. The predicted octanol–water partition coefficient (Wildman–Crippen LogP) is 5.80. The van der Waals surface area contributed by atoms with Gasteiger partial charge < -0.3 is 4.42 Å². The summed E-state index contributed by atoms with van der Waals surface area (Å²) in [4.78, 5) is 4.86. The van der Waals surface area contributed by atoms with Crippen molar-refractivity contribution in [2.45, 2.75) is 0 Å². The summed E-state index contributed by atoms with van der Waals surface area (Å²) in [6.45, 7) is 0. The van der Waals surface area contributed by atoms with E-state index in [-0.39, 0.29) is 0 Å². The third kappa shape index (κ3) is 1.78. The molecule has 0 saturated carbocycles. The molecule has 0 aliphatic rings. The van der Waals surface area contributed by atoms with Gasteiger partial charge in [-0.15, -0.1) is 0 Å². The maximum atomic E-state index is 6.18. The van der Waals surface area contributed by atoms with Crippen molar-refractivity contribution in [1.82, 2.24) is 4.98 Å². The standard InChI is InChI=1S/C21H13NO/c1-2-8-14(9-3-1)19-15-10-4-6-12-17(15)22-20-16-11-5-7-13-18(16)23-21(19)20/h1-13H. The number of benzene rings is 3.